The molecule has 1 atom stereocenters. The SMILES string of the molecule is O=C(C1CC12CCOCC2)N(CCO)C1CC1. The molecule has 2 aliphatic carbocycles. The average molecular weight is 239 g/mol. The molecule has 2 saturated carbocycles. The van der Waals surface area contributed by atoms with E-state index in [4.69, 9.17) is 9.84 Å². The van der Waals surface area contributed by atoms with Crippen molar-refractivity contribution in [2.75, 3.05) is 26.4 Å². The van der Waals surface area contributed by atoms with Crippen LogP contribution in [-0.4, -0.2) is 48.3 Å². The largest absolute Gasteiger partial charge is 0.395 e. The van der Waals surface area contributed by atoms with Crippen molar-refractivity contribution in [3.8, 4) is 0 Å². The van der Waals surface area contributed by atoms with Crippen molar-refractivity contribution in [3.05, 3.63) is 0 Å². The van der Waals surface area contributed by atoms with Gasteiger partial charge in [0.1, 0.15) is 0 Å². The van der Waals surface area contributed by atoms with Gasteiger partial charge in [-0.05, 0) is 37.5 Å². The number of carbonyl (C=O) groups excluding carboxylic acids is 1. The van der Waals surface area contributed by atoms with E-state index in [1.54, 1.807) is 0 Å². The zero-order valence-corrected chi connectivity index (χ0v) is 10.2. The molecule has 1 unspecified atom stereocenters. The minimum atomic E-state index is 0.0884. The molecular formula is C13H21NO3. The molecule has 17 heavy (non-hydrogen) atoms. The fourth-order valence-corrected chi connectivity index (χ4v) is 3.19. The van der Waals surface area contributed by atoms with Gasteiger partial charge in [0.15, 0.2) is 0 Å². The monoisotopic (exact) mass is 239 g/mol. The van der Waals surface area contributed by atoms with E-state index in [0.717, 1.165) is 45.3 Å². The van der Waals surface area contributed by atoms with Crippen molar-refractivity contribution >= 4 is 5.91 Å². The van der Waals surface area contributed by atoms with Gasteiger partial charge in [-0.15, -0.1) is 0 Å². The van der Waals surface area contributed by atoms with E-state index < -0.39 is 0 Å². The van der Waals surface area contributed by atoms with Gasteiger partial charge < -0.3 is 14.7 Å². The van der Waals surface area contributed by atoms with Crippen LogP contribution < -0.4 is 0 Å². The molecule has 0 radical (unpaired) electrons. The molecule has 1 aliphatic heterocycles. The molecule has 4 heteroatoms. The summed E-state index contributed by atoms with van der Waals surface area (Å²) in [6.45, 7) is 2.23. The van der Waals surface area contributed by atoms with Gasteiger partial charge >= 0.3 is 0 Å². The van der Waals surface area contributed by atoms with Crippen LogP contribution in [0.1, 0.15) is 32.1 Å². The maximum Gasteiger partial charge on any atom is 0.226 e. The van der Waals surface area contributed by atoms with Crippen LogP contribution in [0.15, 0.2) is 0 Å². The number of rotatable bonds is 4. The molecule has 1 N–H and O–H groups in total. The predicted molar refractivity (Wildman–Crippen MR) is 62.4 cm³/mol. The van der Waals surface area contributed by atoms with Gasteiger partial charge in [0, 0.05) is 31.7 Å². The molecule has 0 aromatic rings. The third-order valence-electron chi connectivity index (χ3n) is 4.59. The number of ether oxygens (including phenoxy) is 1. The fraction of sp³-hybridized carbons (Fsp3) is 0.923. The van der Waals surface area contributed by atoms with Crippen LogP contribution >= 0.6 is 0 Å². The summed E-state index contributed by atoms with van der Waals surface area (Å²) in [6, 6.07) is 0.423. The Kier molecular flexibility index (Phi) is 2.87. The van der Waals surface area contributed by atoms with E-state index in [9.17, 15) is 4.79 Å². The normalized spacial score (nSPS) is 30.3. The van der Waals surface area contributed by atoms with E-state index in [0.29, 0.717) is 18.5 Å². The lowest BCUT2D eigenvalue weighted by Crippen LogP contribution is -2.38. The van der Waals surface area contributed by atoms with Gasteiger partial charge in [-0.1, -0.05) is 0 Å². The van der Waals surface area contributed by atoms with E-state index in [2.05, 4.69) is 0 Å². The summed E-state index contributed by atoms with van der Waals surface area (Å²) in [4.78, 5) is 14.3. The van der Waals surface area contributed by atoms with Crippen LogP contribution in [0, 0.1) is 11.3 Å². The lowest BCUT2D eigenvalue weighted by molar-refractivity contribution is -0.135. The maximum absolute atomic E-state index is 12.4. The Balaban J connectivity index is 1.62. The van der Waals surface area contributed by atoms with Crippen molar-refractivity contribution in [1.82, 2.24) is 4.90 Å². The van der Waals surface area contributed by atoms with Gasteiger partial charge in [-0.25, -0.2) is 0 Å². The lowest BCUT2D eigenvalue weighted by atomic mass is 9.93. The van der Waals surface area contributed by atoms with Crippen molar-refractivity contribution in [2.45, 2.75) is 38.1 Å². The quantitative estimate of drug-likeness (QED) is 0.789. The number of amides is 1. The molecule has 0 aromatic heterocycles. The molecule has 0 bridgehead atoms. The third-order valence-corrected chi connectivity index (χ3v) is 4.59. The lowest BCUT2D eigenvalue weighted by Gasteiger charge is -2.26. The molecule has 0 aromatic carbocycles. The van der Waals surface area contributed by atoms with Gasteiger partial charge in [0.05, 0.1) is 6.61 Å². The van der Waals surface area contributed by atoms with Crippen LogP contribution in [0.3, 0.4) is 0 Å². The molecule has 1 heterocycles. The second-order valence-electron chi connectivity index (χ2n) is 5.72. The van der Waals surface area contributed by atoms with Gasteiger partial charge in [0.25, 0.3) is 0 Å². The maximum atomic E-state index is 12.4. The molecule has 4 nitrogen and oxygen atoms in total. The van der Waals surface area contributed by atoms with Crippen molar-refractivity contribution in [3.63, 3.8) is 0 Å². The first-order valence-corrected chi connectivity index (χ1v) is 6.76. The van der Waals surface area contributed by atoms with E-state index >= 15 is 0 Å². The summed E-state index contributed by atoms with van der Waals surface area (Å²) >= 11 is 0. The summed E-state index contributed by atoms with van der Waals surface area (Å²) in [5.74, 6) is 0.516. The first kappa shape index (κ1) is 11.5. The number of carbonyl (C=O) groups is 1. The summed E-state index contributed by atoms with van der Waals surface area (Å²) in [5, 5.41) is 9.05. The van der Waals surface area contributed by atoms with Crippen LogP contribution in [0.4, 0.5) is 0 Å². The van der Waals surface area contributed by atoms with Crippen LogP contribution in [0.2, 0.25) is 0 Å². The summed E-state index contributed by atoms with van der Waals surface area (Å²) in [5.41, 5.74) is 0.262. The first-order chi connectivity index (χ1) is 8.27. The fourth-order valence-electron chi connectivity index (χ4n) is 3.19. The number of hydrogen-bond donors (Lipinski definition) is 1. The number of aliphatic hydroxyl groups is 1. The van der Waals surface area contributed by atoms with E-state index in [-0.39, 0.29) is 17.9 Å². The molecule has 1 amide bonds. The zero-order chi connectivity index (χ0) is 11.9. The number of hydrogen-bond acceptors (Lipinski definition) is 3. The Labute approximate surface area is 102 Å². The standard InChI is InChI=1S/C13H21NO3/c15-6-5-14(10-1-2-10)12(16)11-9-13(11)3-7-17-8-4-13/h10-11,15H,1-9H2. The second-order valence-corrected chi connectivity index (χ2v) is 5.72. The van der Waals surface area contributed by atoms with Crippen LogP contribution in [0.25, 0.3) is 0 Å². The van der Waals surface area contributed by atoms with Gasteiger partial charge in [0.2, 0.25) is 5.91 Å². The Hall–Kier alpha value is -0.610. The molecule has 3 fully saturated rings. The second kappa shape index (κ2) is 4.25. The zero-order valence-electron chi connectivity index (χ0n) is 10.2. The highest BCUT2D eigenvalue weighted by Gasteiger charge is 2.59. The molecular weight excluding hydrogens is 218 g/mol. The number of aliphatic hydroxyl groups excluding tert-OH is 1. The summed E-state index contributed by atoms with van der Waals surface area (Å²) < 4.78 is 5.38. The molecule has 96 valence electrons. The van der Waals surface area contributed by atoms with Gasteiger partial charge in [-0.2, -0.15) is 0 Å². The van der Waals surface area contributed by atoms with E-state index in [1.165, 1.54) is 0 Å². The third kappa shape index (κ3) is 2.08. The Bertz CT molecular complexity index is 308. The van der Waals surface area contributed by atoms with Crippen LogP contribution in [-0.2, 0) is 9.53 Å². The topological polar surface area (TPSA) is 49.8 Å². The van der Waals surface area contributed by atoms with E-state index in [1.807, 2.05) is 4.90 Å². The molecule has 1 spiro atoms. The Morgan fingerprint density at radius 2 is 2.06 bits per heavy atom. The average Bonchev–Trinajstić information content (AvgIpc) is 3.23. The summed E-state index contributed by atoms with van der Waals surface area (Å²) in [7, 11) is 0. The van der Waals surface area contributed by atoms with Gasteiger partial charge in [-0.3, -0.25) is 4.79 Å². The first-order valence-electron chi connectivity index (χ1n) is 6.76. The highest BCUT2D eigenvalue weighted by Crippen LogP contribution is 2.60. The molecule has 3 rings (SSSR count). The number of nitrogens with zero attached hydrogens (tertiary/aromatic N) is 1. The van der Waals surface area contributed by atoms with Crippen molar-refractivity contribution in [2.24, 2.45) is 11.3 Å². The Morgan fingerprint density at radius 1 is 1.35 bits per heavy atom. The predicted octanol–water partition coefficient (Wildman–Crippen LogP) is 0.786. The summed E-state index contributed by atoms with van der Waals surface area (Å²) in [6.07, 6.45) is 5.37. The highest BCUT2D eigenvalue weighted by molar-refractivity contribution is 5.83. The molecule has 3 aliphatic rings. The smallest absolute Gasteiger partial charge is 0.226 e. The minimum Gasteiger partial charge on any atom is -0.395 e. The van der Waals surface area contributed by atoms with Crippen LogP contribution in [0.5, 0.6) is 0 Å². The highest BCUT2D eigenvalue weighted by atomic mass is 16.5. The molecule has 1 saturated heterocycles. The minimum absolute atomic E-state index is 0.0884. The van der Waals surface area contributed by atoms with Crippen molar-refractivity contribution < 1.29 is 14.6 Å². The Morgan fingerprint density at radius 3 is 2.65 bits per heavy atom. The van der Waals surface area contributed by atoms with Crippen molar-refractivity contribution in [1.29, 1.82) is 0 Å².